The van der Waals surface area contributed by atoms with E-state index in [1.165, 1.54) is 17.2 Å². The predicted octanol–water partition coefficient (Wildman–Crippen LogP) is 5.16. The first-order valence-corrected chi connectivity index (χ1v) is 9.32. The average molecular weight is 433 g/mol. The van der Waals surface area contributed by atoms with Crippen LogP contribution in [0.25, 0.3) is 0 Å². The van der Waals surface area contributed by atoms with Crippen LogP contribution in [0.15, 0.2) is 45.8 Å². The van der Waals surface area contributed by atoms with E-state index in [-0.39, 0.29) is 5.75 Å². The molecule has 0 radical (unpaired) electrons. The Hall–Kier alpha value is -1.38. The average Bonchev–Trinajstić information content (AvgIpc) is 2.77. The molecule has 0 bridgehead atoms. The Kier molecular flexibility index (Phi) is 5.81. The molecule has 0 saturated carbocycles. The van der Waals surface area contributed by atoms with Crippen molar-refractivity contribution in [2.45, 2.75) is 24.1 Å². The van der Waals surface area contributed by atoms with E-state index in [2.05, 4.69) is 42.8 Å². The van der Waals surface area contributed by atoms with Crippen molar-refractivity contribution < 1.29 is 17.9 Å². The highest BCUT2D eigenvalue weighted by Gasteiger charge is 2.32. The number of rotatable bonds is 4. The normalized spacial score (nSPS) is 14.6. The minimum atomic E-state index is -4.73. The number of nitrogens with one attached hydrogen (secondary N) is 2. The fourth-order valence-electron chi connectivity index (χ4n) is 2.62. The van der Waals surface area contributed by atoms with E-state index in [9.17, 15) is 13.2 Å². The molecular weight excluding hydrogens is 417 g/mol. The summed E-state index contributed by atoms with van der Waals surface area (Å²) in [5, 5.41) is 3.35. The van der Waals surface area contributed by atoms with Gasteiger partial charge in [-0.15, -0.1) is 13.2 Å². The molecule has 0 atom stereocenters. The van der Waals surface area contributed by atoms with Crippen LogP contribution in [0, 0.1) is 0 Å². The molecular formula is C17H16BrF3N2OS. The van der Waals surface area contributed by atoms with Gasteiger partial charge in [0.15, 0.2) is 0 Å². The second kappa shape index (κ2) is 7.88. The number of ether oxygens (including phenoxy) is 1. The lowest BCUT2D eigenvalue weighted by molar-refractivity contribution is -0.275. The van der Waals surface area contributed by atoms with Gasteiger partial charge in [0.1, 0.15) is 5.75 Å². The molecule has 2 aromatic carbocycles. The molecule has 0 amide bonds. The molecule has 1 aliphatic heterocycles. The second-order valence-electron chi connectivity index (χ2n) is 5.58. The quantitative estimate of drug-likeness (QED) is 0.654. The van der Waals surface area contributed by atoms with Crippen LogP contribution in [0.4, 0.5) is 18.9 Å². The second-order valence-corrected chi connectivity index (χ2v) is 7.34. The van der Waals surface area contributed by atoms with Gasteiger partial charge in [0.25, 0.3) is 0 Å². The number of halogens is 4. The summed E-state index contributed by atoms with van der Waals surface area (Å²) in [6, 6.07) is 10.6. The van der Waals surface area contributed by atoms with E-state index in [0.29, 0.717) is 9.37 Å². The van der Waals surface area contributed by atoms with Gasteiger partial charge in [0, 0.05) is 10.2 Å². The Morgan fingerprint density at radius 3 is 2.56 bits per heavy atom. The first-order valence-electron chi connectivity index (χ1n) is 7.71. The summed E-state index contributed by atoms with van der Waals surface area (Å²) in [5.74, 6) is -0.238. The molecule has 0 saturated heterocycles. The summed E-state index contributed by atoms with van der Waals surface area (Å²) < 4.78 is 45.5. The fraction of sp³-hybridized carbons (Fsp3) is 0.294. The zero-order valence-corrected chi connectivity index (χ0v) is 15.5. The highest BCUT2D eigenvalue weighted by Crippen LogP contribution is 2.36. The molecule has 0 aromatic heterocycles. The zero-order chi connectivity index (χ0) is 17.9. The summed E-state index contributed by atoms with van der Waals surface area (Å²) in [7, 11) is 0. The molecule has 2 aromatic rings. The highest BCUT2D eigenvalue weighted by atomic mass is 79.9. The molecule has 3 rings (SSSR count). The number of anilines is 1. The SMILES string of the molecule is FC(F)(F)Oc1cc(Br)ccc1SNc1ccc2c(c1)CCNCC2. The molecule has 2 N–H and O–H groups in total. The van der Waals surface area contributed by atoms with Crippen molar-refractivity contribution in [3.63, 3.8) is 0 Å². The standard InChI is InChI=1S/C17H16BrF3N2OS/c18-13-2-4-16(15(10-13)24-17(19,20)21)25-23-14-3-1-11-5-7-22-8-6-12(11)9-14/h1-4,9-10,22-23H,5-8H2. The van der Waals surface area contributed by atoms with E-state index in [1.54, 1.807) is 12.1 Å². The molecule has 0 aliphatic carbocycles. The summed E-state index contributed by atoms with van der Waals surface area (Å²) in [6.07, 6.45) is -2.80. The molecule has 0 spiro atoms. The number of hydrogen-bond acceptors (Lipinski definition) is 4. The number of benzene rings is 2. The first-order chi connectivity index (χ1) is 11.9. The highest BCUT2D eigenvalue weighted by molar-refractivity contribution is 9.10. The van der Waals surface area contributed by atoms with Crippen LogP contribution < -0.4 is 14.8 Å². The van der Waals surface area contributed by atoms with Gasteiger partial charge in [-0.1, -0.05) is 22.0 Å². The molecule has 0 fully saturated rings. The number of alkyl halides is 3. The van der Waals surface area contributed by atoms with Crippen LogP contribution in [0.1, 0.15) is 11.1 Å². The lowest BCUT2D eigenvalue weighted by atomic mass is 10.0. The van der Waals surface area contributed by atoms with Crippen molar-refractivity contribution in [2.24, 2.45) is 0 Å². The number of hydrogen-bond donors (Lipinski definition) is 2. The van der Waals surface area contributed by atoms with E-state index in [1.807, 2.05) is 6.07 Å². The zero-order valence-electron chi connectivity index (χ0n) is 13.1. The van der Waals surface area contributed by atoms with Gasteiger partial charge in [-0.3, -0.25) is 0 Å². The van der Waals surface area contributed by atoms with Gasteiger partial charge >= 0.3 is 6.36 Å². The molecule has 3 nitrogen and oxygen atoms in total. The molecule has 1 aliphatic rings. The van der Waals surface area contributed by atoms with Crippen molar-refractivity contribution in [1.29, 1.82) is 0 Å². The van der Waals surface area contributed by atoms with Crippen molar-refractivity contribution in [3.8, 4) is 5.75 Å². The Morgan fingerprint density at radius 2 is 1.80 bits per heavy atom. The van der Waals surface area contributed by atoms with Crippen molar-refractivity contribution in [2.75, 3.05) is 17.8 Å². The maximum absolute atomic E-state index is 12.6. The largest absolute Gasteiger partial charge is 0.573 e. The minimum absolute atomic E-state index is 0.238. The summed E-state index contributed by atoms with van der Waals surface area (Å²) >= 11 is 4.26. The molecule has 0 unspecified atom stereocenters. The first kappa shape index (κ1) is 18.4. The molecule has 1 heterocycles. The molecule has 25 heavy (non-hydrogen) atoms. The van der Waals surface area contributed by atoms with Crippen LogP contribution >= 0.6 is 27.9 Å². The van der Waals surface area contributed by atoms with Gasteiger partial charge in [0.05, 0.1) is 4.90 Å². The third-order valence-corrected chi connectivity index (χ3v) is 5.15. The van der Waals surface area contributed by atoms with Gasteiger partial charge in [-0.2, -0.15) is 0 Å². The summed E-state index contributed by atoms with van der Waals surface area (Å²) in [6.45, 7) is 1.89. The maximum Gasteiger partial charge on any atom is 0.573 e. The van der Waals surface area contributed by atoms with E-state index < -0.39 is 6.36 Å². The Balaban J connectivity index is 1.74. The number of fused-ring (bicyclic) bond motifs is 1. The topological polar surface area (TPSA) is 33.3 Å². The maximum atomic E-state index is 12.6. The van der Waals surface area contributed by atoms with Crippen LogP contribution in [0.3, 0.4) is 0 Å². The van der Waals surface area contributed by atoms with Crippen molar-refractivity contribution in [3.05, 3.63) is 52.0 Å². The van der Waals surface area contributed by atoms with Crippen molar-refractivity contribution in [1.82, 2.24) is 5.32 Å². The van der Waals surface area contributed by atoms with Gasteiger partial charge in [-0.25, -0.2) is 0 Å². The predicted molar refractivity (Wildman–Crippen MR) is 97.0 cm³/mol. The Labute approximate surface area is 156 Å². The lowest BCUT2D eigenvalue weighted by Crippen LogP contribution is -2.17. The van der Waals surface area contributed by atoms with Crippen LogP contribution in [-0.4, -0.2) is 19.5 Å². The Morgan fingerprint density at radius 1 is 1.04 bits per heavy atom. The van der Waals surface area contributed by atoms with Crippen LogP contribution in [0.5, 0.6) is 5.75 Å². The monoisotopic (exact) mass is 432 g/mol. The van der Waals surface area contributed by atoms with Crippen LogP contribution in [-0.2, 0) is 12.8 Å². The van der Waals surface area contributed by atoms with E-state index in [0.717, 1.165) is 43.6 Å². The summed E-state index contributed by atoms with van der Waals surface area (Å²) in [5.41, 5.74) is 3.43. The summed E-state index contributed by atoms with van der Waals surface area (Å²) in [4.78, 5) is 0.358. The fourth-order valence-corrected chi connectivity index (χ4v) is 3.65. The molecule has 8 heteroatoms. The van der Waals surface area contributed by atoms with Gasteiger partial charge in [0.2, 0.25) is 0 Å². The smallest absolute Gasteiger partial charge is 0.404 e. The Bertz CT molecular complexity index is 755. The van der Waals surface area contributed by atoms with E-state index in [4.69, 9.17) is 0 Å². The van der Waals surface area contributed by atoms with Crippen LogP contribution in [0.2, 0.25) is 0 Å². The van der Waals surface area contributed by atoms with E-state index >= 15 is 0 Å². The van der Waals surface area contributed by atoms with Gasteiger partial charge < -0.3 is 14.8 Å². The lowest BCUT2D eigenvalue weighted by Gasteiger charge is -2.14. The van der Waals surface area contributed by atoms with Gasteiger partial charge in [-0.05, 0) is 79.3 Å². The molecule has 134 valence electrons. The third kappa shape index (κ3) is 5.29. The minimum Gasteiger partial charge on any atom is -0.404 e. The third-order valence-electron chi connectivity index (χ3n) is 3.76. The van der Waals surface area contributed by atoms with Crippen molar-refractivity contribution >= 4 is 33.6 Å².